The van der Waals surface area contributed by atoms with E-state index in [4.69, 9.17) is 5.26 Å². The summed E-state index contributed by atoms with van der Waals surface area (Å²) in [5.74, 6) is -0.487. The molecular formula is C12H13FN2O. The SMILES string of the molecule is Cc1cc(CN(C)C(=O)CC#N)ccc1F. The van der Waals surface area contributed by atoms with Crippen molar-refractivity contribution < 1.29 is 9.18 Å². The number of aryl methyl sites for hydroxylation is 1. The van der Waals surface area contributed by atoms with Crippen LogP contribution in [0.15, 0.2) is 18.2 Å². The van der Waals surface area contributed by atoms with Crippen LogP contribution in [0.3, 0.4) is 0 Å². The molecule has 0 aliphatic heterocycles. The number of carbonyl (C=O) groups is 1. The Hall–Kier alpha value is -1.89. The van der Waals surface area contributed by atoms with Crippen molar-refractivity contribution in [3.63, 3.8) is 0 Å². The lowest BCUT2D eigenvalue weighted by atomic mass is 10.1. The van der Waals surface area contributed by atoms with Crippen LogP contribution in [0.4, 0.5) is 4.39 Å². The zero-order valence-electron chi connectivity index (χ0n) is 9.33. The number of amides is 1. The molecule has 0 saturated heterocycles. The highest BCUT2D eigenvalue weighted by molar-refractivity contribution is 5.77. The maximum absolute atomic E-state index is 13.0. The van der Waals surface area contributed by atoms with Gasteiger partial charge >= 0.3 is 0 Å². The first kappa shape index (κ1) is 12.2. The molecule has 0 atom stereocenters. The van der Waals surface area contributed by atoms with Crippen LogP contribution in [-0.4, -0.2) is 17.9 Å². The van der Waals surface area contributed by atoms with E-state index in [2.05, 4.69) is 0 Å². The van der Waals surface area contributed by atoms with Gasteiger partial charge in [0.2, 0.25) is 5.91 Å². The van der Waals surface area contributed by atoms with Crippen LogP contribution >= 0.6 is 0 Å². The van der Waals surface area contributed by atoms with Gasteiger partial charge in [-0.1, -0.05) is 12.1 Å². The molecule has 0 spiro atoms. The fourth-order valence-corrected chi connectivity index (χ4v) is 1.37. The Labute approximate surface area is 94.1 Å². The first-order chi connectivity index (χ1) is 7.54. The second kappa shape index (κ2) is 5.26. The summed E-state index contributed by atoms with van der Waals surface area (Å²) < 4.78 is 13.0. The molecular weight excluding hydrogens is 207 g/mol. The molecule has 0 heterocycles. The number of hydrogen-bond acceptors (Lipinski definition) is 2. The van der Waals surface area contributed by atoms with E-state index in [1.54, 1.807) is 32.2 Å². The van der Waals surface area contributed by atoms with Crippen LogP contribution in [0.2, 0.25) is 0 Å². The Bertz CT molecular complexity index is 437. The molecule has 1 aromatic carbocycles. The summed E-state index contributed by atoms with van der Waals surface area (Å²) in [6, 6.07) is 6.52. The first-order valence-electron chi connectivity index (χ1n) is 4.90. The van der Waals surface area contributed by atoms with Gasteiger partial charge in [0.15, 0.2) is 0 Å². The molecule has 1 amide bonds. The maximum Gasteiger partial charge on any atom is 0.236 e. The van der Waals surface area contributed by atoms with Crippen molar-refractivity contribution in [1.82, 2.24) is 4.90 Å². The third-order valence-electron chi connectivity index (χ3n) is 2.30. The molecule has 3 nitrogen and oxygen atoms in total. The molecule has 0 fully saturated rings. The van der Waals surface area contributed by atoms with E-state index in [0.717, 1.165) is 5.56 Å². The molecule has 0 saturated carbocycles. The first-order valence-corrected chi connectivity index (χ1v) is 4.90. The minimum Gasteiger partial charge on any atom is -0.341 e. The van der Waals surface area contributed by atoms with Gasteiger partial charge in [-0.3, -0.25) is 4.79 Å². The van der Waals surface area contributed by atoms with Gasteiger partial charge in [0, 0.05) is 13.6 Å². The van der Waals surface area contributed by atoms with Crippen LogP contribution in [0.1, 0.15) is 17.5 Å². The van der Waals surface area contributed by atoms with E-state index in [0.29, 0.717) is 12.1 Å². The molecule has 1 aromatic rings. The third kappa shape index (κ3) is 3.06. The van der Waals surface area contributed by atoms with E-state index >= 15 is 0 Å². The van der Waals surface area contributed by atoms with Gasteiger partial charge in [-0.25, -0.2) is 4.39 Å². The van der Waals surface area contributed by atoms with Crippen molar-refractivity contribution in [2.45, 2.75) is 19.9 Å². The minimum absolute atomic E-state index is 0.128. The summed E-state index contributed by atoms with van der Waals surface area (Å²) in [4.78, 5) is 12.8. The summed E-state index contributed by atoms with van der Waals surface area (Å²) in [5.41, 5.74) is 1.41. The maximum atomic E-state index is 13.0. The third-order valence-corrected chi connectivity index (χ3v) is 2.30. The zero-order chi connectivity index (χ0) is 12.1. The molecule has 0 unspecified atom stereocenters. The molecule has 4 heteroatoms. The molecule has 0 radical (unpaired) electrons. The lowest BCUT2D eigenvalue weighted by Crippen LogP contribution is -2.25. The Morgan fingerprint density at radius 2 is 2.25 bits per heavy atom. The summed E-state index contributed by atoms with van der Waals surface area (Å²) in [6.45, 7) is 2.07. The molecule has 0 bridgehead atoms. The Morgan fingerprint density at radius 3 is 2.81 bits per heavy atom. The van der Waals surface area contributed by atoms with E-state index in [9.17, 15) is 9.18 Å². The highest BCUT2D eigenvalue weighted by atomic mass is 19.1. The number of hydrogen-bond donors (Lipinski definition) is 0. The van der Waals surface area contributed by atoms with Gasteiger partial charge < -0.3 is 4.90 Å². The van der Waals surface area contributed by atoms with E-state index in [-0.39, 0.29) is 18.1 Å². The van der Waals surface area contributed by atoms with E-state index < -0.39 is 0 Å². The van der Waals surface area contributed by atoms with Crippen molar-refractivity contribution in [3.8, 4) is 6.07 Å². The minimum atomic E-state index is -0.255. The van der Waals surface area contributed by atoms with Crippen molar-refractivity contribution in [2.24, 2.45) is 0 Å². The normalized spacial score (nSPS) is 9.62. The number of nitriles is 1. The Balaban J connectivity index is 2.70. The zero-order valence-corrected chi connectivity index (χ0v) is 9.33. The van der Waals surface area contributed by atoms with Crippen molar-refractivity contribution in [2.75, 3.05) is 7.05 Å². The molecule has 16 heavy (non-hydrogen) atoms. The van der Waals surface area contributed by atoms with Gasteiger partial charge in [-0.2, -0.15) is 5.26 Å². The standard InChI is InChI=1S/C12H13FN2O/c1-9-7-10(3-4-11(9)13)8-15(2)12(16)5-6-14/h3-4,7H,5,8H2,1-2H3. The van der Waals surface area contributed by atoms with E-state index in [1.165, 1.54) is 11.0 Å². The number of carbonyl (C=O) groups excluding carboxylic acids is 1. The lowest BCUT2D eigenvalue weighted by Gasteiger charge is -2.16. The van der Waals surface area contributed by atoms with Crippen LogP contribution < -0.4 is 0 Å². The number of rotatable bonds is 3. The second-order valence-electron chi connectivity index (χ2n) is 3.67. The number of halogens is 1. The fraction of sp³-hybridized carbons (Fsp3) is 0.333. The highest BCUT2D eigenvalue weighted by Gasteiger charge is 2.09. The summed E-state index contributed by atoms with van der Waals surface area (Å²) in [5, 5.41) is 8.39. The predicted molar refractivity (Wildman–Crippen MR) is 57.8 cm³/mol. The smallest absolute Gasteiger partial charge is 0.236 e. The van der Waals surface area contributed by atoms with Gasteiger partial charge in [0.1, 0.15) is 12.2 Å². The molecule has 0 aliphatic rings. The molecule has 84 valence electrons. The second-order valence-corrected chi connectivity index (χ2v) is 3.67. The molecule has 0 N–H and O–H groups in total. The summed E-state index contributed by atoms with van der Waals surface area (Å²) >= 11 is 0. The molecule has 1 rings (SSSR count). The van der Waals surface area contributed by atoms with Crippen LogP contribution in [0, 0.1) is 24.1 Å². The molecule has 0 aliphatic carbocycles. The topological polar surface area (TPSA) is 44.1 Å². The van der Waals surface area contributed by atoms with Crippen molar-refractivity contribution in [1.29, 1.82) is 5.26 Å². The highest BCUT2D eigenvalue weighted by Crippen LogP contribution is 2.11. The van der Waals surface area contributed by atoms with Crippen LogP contribution in [-0.2, 0) is 11.3 Å². The van der Waals surface area contributed by atoms with Gasteiger partial charge in [-0.15, -0.1) is 0 Å². The van der Waals surface area contributed by atoms with Crippen molar-refractivity contribution >= 4 is 5.91 Å². The quantitative estimate of drug-likeness (QED) is 0.782. The average molecular weight is 220 g/mol. The van der Waals surface area contributed by atoms with Gasteiger partial charge in [0.25, 0.3) is 0 Å². The number of nitrogens with zero attached hydrogens (tertiary/aromatic N) is 2. The summed E-state index contributed by atoms with van der Waals surface area (Å²) in [6.07, 6.45) is -0.128. The average Bonchev–Trinajstić information content (AvgIpc) is 2.24. The predicted octanol–water partition coefficient (Wildman–Crippen LogP) is 2.01. The van der Waals surface area contributed by atoms with Gasteiger partial charge in [0.05, 0.1) is 6.07 Å². The fourth-order valence-electron chi connectivity index (χ4n) is 1.37. The molecule has 0 aromatic heterocycles. The van der Waals surface area contributed by atoms with Crippen LogP contribution in [0.25, 0.3) is 0 Å². The summed E-state index contributed by atoms with van der Waals surface area (Å²) in [7, 11) is 1.62. The Kier molecular flexibility index (Phi) is 4.01. The monoisotopic (exact) mass is 220 g/mol. The van der Waals surface area contributed by atoms with Crippen LogP contribution in [0.5, 0.6) is 0 Å². The largest absolute Gasteiger partial charge is 0.341 e. The lowest BCUT2D eigenvalue weighted by molar-refractivity contribution is -0.129. The van der Waals surface area contributed by atoms with Gasteiger partial charge in [-0.05, 0) is 24.1 Å². The van der Waals surface area contributed by atoms with Crippen molar-refractivity contribution in [3.05, 3.63) is 35.1 Å². The Morgan fingerprint density at radius 1 is 1.56 bits per heavy atom. The number of benzene rings is 1. The van der Waals surface area contributed by atoms with E-state index in [1.807, 2.05) is 0 Å².